The van der Waals surface area contributed by atoms with E-state index in [4.69, 9.17) is 42.1 Å². The van der Waals surface area contributed by atoms with E-state index < -0.39 is 246 Å². The predicted octanol–water partition coefficient (Wildman–Crippen LogP) is 29.0. The van der Waals surface area contributed by atoms with Crippen LogP contribution in [-0.4, -0.2) is 268 Å². The van der Waals surface area contributed by atoms with Gasteiger partial charge < -0.3 is 23.7 Å². The molecule has 0 saturated heterocycles. The van der Waals surface area contributed by atoms with Crippen LogP contribution in [0.15, 0.2) is 0 Å². The number of carbonyl (C=O) groups excluding carboxylic acids is 3. The van der Waals surface area contributed by atoms with E-state index in [9.17, 15) is 286 Å². The van der Waals surface area contributed by atoms with Crippen LogP contribution in [0, 0.1) is 0 Å². The van der Waals surface area contributed by atoms with Crippen molar-refractivity contribution in [3.8, 4) is 0 Å². The van der Waals surface area contributed by atoms with Gasteiger partial charge >= 0.3 is 139 Å². The van der Waals surface area contributed by atoms with Crippen molar-refractivity contribution in [1.82, 2.24) is 0 Å². The fraction of sp³-hybridized carbons (Fsp3) is 0.940. The molecule has 0 bridgehead atoms. The number of halogens is 63. The molecular weight excluding hydrogens is 2260 g/mol. The van der Waals surface area contributed by atoms with Gasteiger partial charge in [-0.1, -0.05) is 143 Å². The maximum atomic E-state index is 12.0. The number of hydrogen-bond acceptors (Lipinski definition) is 19. The Labute approximate surface area is 744 Å². The first-order chi connectivity index (χ1) is 53.0. The zero-order valence-corrected chi connectivity index (χ0v) is 59.9. The second kappa shape index (κ2) is 117. The summed E-state index contributed by atoms with van der Waals surface area (Å²) >= 11 is 0. The van der Waals surface area contributed by atoms with E-state index in [0.717, 1.165) is 0 Å². The molecule has 0 aromatic rings. The standard InChI is InChI=1S/C5H4F8O.C4H4F6O.3C3H5FO2.C2H2F4O.8C2H2F4.14CH4.5F2O2S/c6-3(7,8)1-5(12,13)14-2-4(9,10)11;5-1-4(9,10)11-2-3(6,7)8;3*4-1-2-6-3-5;3-1-2(4,5)7-6;8*3-1-2(4,5)6;;;;;;;;;;;;;;;5*1-5(2,3)4/h1-2H2;1-2H2;3*3H,1-2H2;1H2;8*1H2;14*1H4;;;;;. The highest BCUT2D eigenvalue weighted by Crippen LogP contribution is 2.34. The molecule has 0 rings (SSSR count). The van der Waals surface area contributed by atoms with E-state index in [1.807, 2.05) is 4.94 Å². The molecule has 0 aliphatic rings. The molecule has 0 fully saturated rings. The zero-order chi connectivity index (χ0) is 105. The first-order valence-electron chi connectivity index (χ1n) is 24.1. The van der Waals surface area contributed by atoms with Gasteiger partial charge in [-0.15, -0.1) is 4.94 Å². The Morgan fingerprint density at radius 1 is 0.190 bits per heavy atom. The van der Waals surface area contributed by atoms with E-state index in [2.05, 4.69) is 23.7 Å². The van der Waals surface area contributed by atoms with Gasteiger partial charge in [0, 0.05) is 0 Å². The first-order valence-corrected chi connectivity index (χ1v) is 30.5. The highest BCUT2D eigenvalue weighted by molar-refractivity contribution is 7.81. The topological polar surface area (TPSA) is 277 Å². The maximum absolute atomic E-state index is 12.0. The van der Waals surface area contributed by atoms with Gasteiger partial charge in [0.25, 0.3) is 19.4 Å². The highest BCUT2D eigenvalue weighted by Gasteiger charge is 2.47. The SMILES string of the molecule is C.C.C.C.C.C.C.C.C.C.C.C.C.C.FC(F)(F)COC(F)(F)CC(F)(F)F.FCC(F)(F)F.FCC(F)(F)F.FCC(F)(F)F.FCC(F)(F)F.FCC(F)(F)F.FCC(F)(F)F.FCC(F)(F)F.FCC(F)(F)F.FCC(F)(F)OCC(F)(F)F.FCC(F)(F)OF.O=COCCF.O=COCCF.O=COCCF.O=S(=O)(F)F.O=S(=O)(F)F.O=S(=O)(F)F.O=S(=O)(F)F.O=S(=O)(F)F. The molecule has 0 saturated carbocycles. The van der Waals surface area contributed by atoms with Crippen molar-refractivity contribution in [3.63, 3.8) is 0 Å². The van der Waals surface area contributed by atoms with Crippen LogP contribution in [0.1, 0.15) is 110 Å². The number of rotatable bonds is 17. The van der Waals surface area contributed by atoms with Crippen LogP contribution in [0.25, 0.3) is 0 Å². The van der Waals surface area contributed by atoms with Crippen LogP contribution in [0.2, 0.25) is 0 Å². The number of alkyl halides is 52. The Balaban J connectivity index is -0.0000000269. The van der Waals surface area contributed by atoms with Gasteiger partial charge in [-0.2, -0.15) is 213 Å². The lowest BCUT2D eigenvalue weighted by Crippen LogP contribution is -2.32. The average molecular weight is 2360 g/mol. The Kier molecular flexibility index (Phi) is 196. The second-order valence-electron chi connectivity index (χ2n) is 14.7. The Hall–Kier alpha value is -6.37. The molecular formula is C50H97F63O19S5. The van der Waals surface area contributed by atoms with Crippen molar-refractivity contribution >= 4 is 72.5 Å². The Bertz CT molecular complexity index is 2480. The largest absolute Gasteiger partial charge is 0.476 e. The van der Waals surface area contributed by atoms with Crippen LogP contribution in [-0.2, 0) is 96.1 Å². The summed E-state index contributed by atoms with van der Waals surface area (Å²) in [5, 5.41) is 0. The molecule has 0 aliphatic carbocycles. The minimum Gasteiger partial charge on any atom is -0.465 e. The monoisotopic (exact) mass is 2360 g/mol. The van der Waals surface area contributed by atoms with Gasteiger partial charge in [0.1, 0.15) is 59.5 Å². The Morgan fingerprint density at radius 2 is 0.299 bits per heavy atom. The number of carbonyl (C=O) groups is 3. The summed E-state index contributed by atoms with van der Waals surface area (Å²) in [4.78, 5) is 29.4. The van der Waals surface area contributed by atoms with E-state index in [1.165, 1.54) is 0 Å². The fourth-order valence-electron chi connectivity index (χ4n) is 0.996. The number of hydrogen-bond donors (Lipinski definition) is 0. The molecule has 137 heavy (non-hydrogen) atoms. The van der Waals surface area contributed by atoms with Gasteiger partial charge in [0.15, 0.2) is 66.7 Å². The third-order valence-electron chi connectivity index (χ3n) is 3.73. The normalized spacial score (nSPS) is 10.5. The molecule has 0 amide bonds. The molecule has 0 aromatic carbocycles. The summed E-state index contributed by atoms with van der Waals surface area (Å²) < 4.78 is 768. The quantitative estimate of drug-likeness (QED) is 0.0430. The lowest BCUT2D eigenvalue weighted by molar-refractivity contribution is -0.357. The molecule has 0 radical (unpaired) electrons. The first kappa shape index (κ1) is 230. The summed E-state index contributed by atoms with van der Waals surface area (Å²) in [6.45, 7) is -28.3. The van der Waals surface area contributed by atoms with Crippen LogP contribution in [0.5, 0.6) is 0 Å². The highest BCUT2D eigenvalue weighted by atomic mass is 32.3. The molecule has 0 heterocycles. The third kappa shape index (κ3) is 682. The van der Waals surface area contributed by atoms with Crippen LogP contribution < -0.4 is 0 Å². The third-order valence-corrected chi connectivity index (χ3v) is 3.73. The van der Waals surface area contributed by atoms with Gasteiger partial charge in [-0.3, -0.25) is 14.4 Å². The van der Waals surface area contributed by atoms with Crippen LogP contribution in [0.3, 0.4) is 0 Å². The van der Waals surface area contributed by atoms with Gasteiger partial charge in [0.05, 0.1) is 0 Å². The summed E-state index contributed by atoms with van der Waals surface area (Å²) in [7, 11) is -28.3. The van der Waals surface area contributed by atoms with Crippen LogP contribution in [0.4, 0.5) is 272 Å². The maximum Gasteiger partial charge on any atom is 0.476 e. The molecule has 0 unspecified atom stereocenters. The second-order valence-corrected chi connectivity index (χ2v) is 18.5. The van der Waals surface area contributed by atoms with E-state index in [1.54, 1.807) is 0 Å². The molecule has 87 heteroatoms. The van der Waals surface area contributed by atoms with Crippen LogP contribution >= 0.6 is 0 Å². The molecule has 882 valence electrons. The molecule has 19 nitrogen and oxygen atoms in total. The minimum absolute atomic E-state index is 0. The predicted molar refractivity (Wildman–Crippen MR) is 364 cm³/mol. The van der Waals surface area contributed by atoms with Crippen molar-refractivity contribution in [2.24, 2.45) is 0 Å². The van der Waals surface area contributed by atoms with Gasteiger partial charge in [-0.05, 0) is 4.53 Å². The van der Waals surface area contributed by atoms with Gasteiger partial charge in [-0.25, -0.2) is 57.1 Å². The Morgan fingerprint density at radius 3 is 0.350 bits per heavy atom. The van der Waals surface area contributed by atoms with Crippen molar-refractivity contribution < 1.29 is 357 Å². The summed E-state index contributed by atoms with van der Waals surface area (Å²) in [6, 6.07) is 0. The van der Waals surface area contributed by atoms with Crippen molar-refractivity contribution in [1.29, 1.82) is 0 Å². The molecule has 0 N–H and O–H groups in total. The van der Waals surface area contributed by atoms with E-state index in [0.29, 0.717) is 0 Å². The minimum atomic E-state index is -5.67. The van der Waals surface area contributed by atoms with Gasteiger partial charge in [0.2, 0.25) is 0 Å². The summed E-state index contributed by atoms with van der Waals surface area (Å²) in [5.74, 6) is 0. The van der Waals surface area contributed by atoms with E-state index in [-0.39, 0.29) is 143 Å². The summed E-state index contributed by atoms with van der Waals surface area (Å²) in [6.07, 6.45) is -68.4. The zero-order valence-electron chi connectivity index (χ0n) is 55.8. The lowest BCUT2D eigenvalue weighted by Gasteiger charge is -2.19. The average Bonchev–Trinajstić information content (AvgIpc) is 0.873. The summed E-state index contributed by atoms with van der Waals surface area (Å²) in [5.41, 5.74) is 0. The van der Waals surface area contributed by atoms with Crippen molar-refractivity contribution in [3.05, 3.63) is 0 Å². The molecule has 0 aliphatic heterocycles. The molecule has 0 spiro atoms. The lowest BCUT2D eigenvalue weighted by atomic mass is 10.4. The van der Waals surface area contributed by atoms with E-state index >= 15 is 0 Å². The molecule has 0 atom stereocenters. The number of ether oxygens (including phenoxy) is 5. The smallest absolute Gasteiger partial charge is 0.465 e. The van der Waals surface area contributed by atoms with Crippen molar-refractivity contribution in [2.45, 2.75) is 197 Å². The fourth-order valence-corrected chi connectivity index (χ4v) is 0.996. The van der Waals surface area contributed by atoms with Crippen molar-refractivity contribution in [2.75, 3.05) is 120 Å². The molecule has 0 aromatic heterocycles.